The molecule has 0 saturated carbocycles. The monoisotopic (exact) mass is 434 g/mol. The lowest BCUT2D eigenvalue weighted by molar-refractivity contribution is -0.136. The first-order valence-electron chi connectivity index (χ1n) is 10.1. The summed E-state index contributed by atoms with van der Waals surface area (Å²) in [7, 11) is 1.57. The number of hydrogen-bond acceptors (Lipinski definition) is 5. The Kier molecular flexibility index (Phi) is 6.78. The SMILES string of the molecule is COc1ccc(C=c2[nH]c(=O)c(=Cc3ccc(OC(=O)CC(C)(C)C)cc3)[nH]c2=O)cc1. The molecule has 2 aromatic carbocycles. The van der Waals surface area contributed by atoms with Crippen molar-refractivity contribution in [2.75, 3.05) is 7.11 Å². The van der Waals surface area contributed by atoms with Crippen molar-refractivity contribution in [2.45, 2.75) is 27.2 Å². The van der Waals surface area contributed by atoms with Crippen LogP contribution in [-0.4, -0.2) is 23.0 Å². The van der Waals surface area contributed by atoms with Crippen molar-refractivity contribution in [1.29, 1.82) is 0 Å². The van der Waals surface area contributed by atoms with E-state index in [0.29, 0.717) is 23.5 Å². The molecule has 32 heavy (non-hydrogen) atoms. The summed E-state index contributed by atoms with van der Waals surface area (Å²) in [6.45, 7) is 5.89. The van der Waals surface area contributed by atoms with Crippen molar-refractivity contribution in [2.24, 2.45) is 5.41 Å². The van der Waals surface area contributed by atoms with Crippen LogP contribution in [0, 0.1) is 5.41 Å². The Balaban J connectivity index is 1.84. The molecule has 0 saturated heterocycles. The van der Waals surface area contributed by atoms with Crippen LogP contribution in [0.5, 0.6) is 11.5 Å². The van der Waals surface area contributed by atoms with Gasteiger partial charge in [0.15, 0.2) is 0 Å². The smallest absolute Gasteiger partial charge is 0.311 e. The van der Waals surface area contributed by atoms with Gasteiger partial charge in [0.25, 0.3) is 11.1 Å². The van der Waals surface area contributed by atoms with Crippen LogP contribution < -0.4 is 31.3 Å². The van der Waals surface area contributed by atoms with E-state index in [9.17, 15) is 14.4 Å². The van der Waals surface area contributed by atoms with Gasteiger partial charge in [-0.05, 0) is 53.0 Å². The summed E-state index contributed by atoms with van der Waals surface area (Å²) < 4.78 is 10.4. The van der Waals surface area contributed by atoms with E-state index in [1.165, 1.54) is 0 Å². The highest BCUT2D eigenvalue weighted by Crippen LogP contribution is 2.21. The van der Waals surface area contributed by atoms with E-state index in [0.717, 1.165) is 5.56 Å². The third kappa shape index (κ3) is 6.31. The first kappa shape index (κ1) is 22.8. The number of methoxy groups -OCH3 is 1. The standard InChI is InChI=1S/C25H26N2O5/c1-25(2,3)15-22(28)32-19-11-7-17(8-12-19)14-21-24(30)26-20(23(29)27-21)13-16-5-9-18(31-4)10-6-16/h5-14H,15H2,1-4H3,(H,26,30)(H,27,29). The van der Waals surface area contributed by atoms with Gasteiger partial charge in [-0.25, -0.2) is 0 Å². The molecule has 0 aliphatic rings. The van der Waals surface area contributed by atoms with E-state index < -0.39 is 11.1 Å². The van der Waals surface area contributed by atoms with E-state index in [-0.39, 0.29) is 22.1 Å². The predicted octanol–water partition coefficient (Wildman–Crippen LogP) is 2.07. The summed E-state index contributed by atoms with van der Waals surface area (Å²) in [4.78, 5) is 42.1. The number of nitrogens with one attached hydrogen (secondary N) is 2. The minimum Gasteiger partial charge on any atom is -0.497 e. The number of benzene rings is 2. The average molecular weight is 434 g/mol. The maximum Gasteiger partial charge on any atom is 0.311 e. The van der Waals surface area contributed by atoms with Crippen molar-refractivity contribution >= 4 is 18.1 Å². The molecule has 0 aliphatic heterocycles. The molecule has 0 amide bonds. The van der Waals surface area contributed by atoms with Crippen LogP contribution in [0.4, 0.5) is 0 Å². The summed E-state index contributed by atoms with van der Waals surface area (Å²) in [5.74, 6) is 0.812. The zero-order valence-electron chi connectivity index (χ0n) is 18.5. The number of rotatable bonds is 5. The van der Waals surface area contributed by atoms with Crippen molar-refractivity contribution < 1.29 is 14.3 Å². The third-order valence-electron chi connectivity index (χ3n) is 4.51. The van der Waals surface area contributed by atoms with Gasteiger partial charge in [0.1, 0.15) is 22.2 Å². The van der Waals surface area contributed by atoms with Gasteiger partial charge >= 0.3 is 5.97 Å². The number of esters is 1. The van der Waals surface area contributed by atoms with Gasteiger partial charge in [-0.1, -0.05) is 45.0 Å². The fourth-order valence-corrected chi connectivity index (χ4v) is 2.96. The maximum atomic E-state index is 12.5. The molecule has 0 unspecified atom stereocenters. The fourth-order valence-electron chi connectivity index (χ4n) is 2.96. The lowest BCUT2D eigenvalue weighted by Gasteiger charge is -2.16. The minimum absolute atomic E-state index is 0.124. The summed E-state index contributed by atoms with van der Waals surface area (Å²) in [6, 6.07) is 13.8. The Morgan fingerprint density at radius 2 is 1.25 bits per heavy atom. The summed E-state index contributed by atoms with van der Waals surface area (Å²) >= 11 is 0. The predicted molar refractivity (Wildman–Crippen MR) is 123 cm³/mol. The minimum atomic E-state index is -0.426. The Morgan fingerprint density at radius 1 is 0.812 bits per heavy atom. The van der Waals surface area contributed by atoms with Crippen LogP contribution in [0.25, 0.3) is 12.2 Å². The number of H-pyrrole nitrogens is 2. The Labute approximate surface area is 185 Å². The first-order chi connectivity index (χ1) is 15.1. The number of aromatic amines is 2. The van der Waals surface area contributed by atoms with Crippen molar-refractivity contribution in [3.8, 4) is 11.5 Å². The quantitative estimate of drug-likeness (QED) is 0.473. The number of aromatic nitrogens is 2. The van der Waals surface area contributed by atoms with Crippen LogP contribution in [0.1, 0.15) is 38.3 Å². The van der Waals surface area contributed by atoms with E-state index in [1.807, 2.05) is 20.8 Å². The molecule has 7 nitrogen and oxygen atoms in total. The zero-order chi connectivity index (χ0) is 23.3. The van der Waals surface area contributed by atoms with Crippen molar-refractivity contribution in [1.82, 2.24) is 9.97 Å². The molecule has 166 valence electrons. The van der Waals surface area contributed by atoms with Crippen LogP contribution in [-0.2, 0) is 4.79 Å². The fraction of sp³-hybridized carbons (Fsp3) is 0.240. The van der Waals surface area contributed by atoms with Gasteiger partial charge in [0.05, 0.1) is 13.5 Å². The zero-order valence-corrected chi connectivity index (χ0v) is 18.5. The van der Waals surface area contributed by atoms with E-state index in [1.54, 1.807) is 67.8 Å². The lowest BCUT2D eigenvalue weighted by Crippen LogP contribution is -2.46. The summed E-state index contributed by atoms with van der Waals surface area (Å²) in [5, 5.41) is 0.276. The lowest BCUT2D eigenvalue weighted by atomic mass is 9.92. The van der Waals surface area contributed by atoms with Gasteiger partial charge in [-0.15, -0.1) is 0 Å². The van der Waals surface area contributed by atoms with E-state index >= 15 is 0 Å². The number of carbonyl (C=O) groups excluding carboxylic acids is 1. The molecule has 1 aromatic heterocycles. The number of carbonyl (C=O) groups is 1. The van der Waals surface area contributed by atoms with Crippen molar-refractivity contribution in [3.63, 3.8) is 0 Å². The highest BCUT2D eigenvalue weighted by molar-refractivity contribution is 5.73. The van der Waals surface area contributed by atoms with Gasteiger partial charge in [-0.2, -0.15) is 0 Å². The van der Waals surface area contributed by atoms with E-state index in [4.69, 9.17) is 9.47 Å². The Morgan fingerprint density at radius 3 is 1.66 bits per heavy atom. The molecular weight excluding hydrogens is 408 g/mol. The second kappa shape index (κ2) is 9.51. The third-order valence-corrected chi connectivity index (χ3v) is 4.51. The molecule has 0 atom stereocenters. The molecule has 3 rings (SSSR count). The molecule has 2 N–H and O–H groups in total. The van der Waals surface area contributed by atoms with Gasteiger partial charge < -0.3 is 19.4 Å². The molecular formula is C25H26N2O5. The summed E-state index contributed by atoms with van der Waals surface area (Å²) in [6.07, 6.45) is 3.44. The highest BCUT2D eigenvalue weighted by atomic mass is 16.5. The number of hydrogen-bond donors (Lipinski definition) is 2. The van der Waals surface area contributed by atoms with Gasteiger partial charge in [-0.3, -0.25) is 14.4 Å². The molecule has 0 radical (unpaired) electrons. The van der Waals surface area contributed by atoms with Gasteiger partial charge in [0, 0.05) is 0 Å². The maximum absolute atomic E-state index is 12.5. The van der Waals surface area contributed by atoms with Gasteiger partial charge in [0.2, 0.25) is 0 Å². The average Bonchev–Trinajstić information content (AvgIpc) is 2.72. The second-order valence-electron chi connectivity index (χ2n) is 8.58. The van der Waals surface area contributed by atoms with Crippen LogP contribution >= 0.6 is 0 Å². The normalized spacial score (nSPS) is 12.6. The van der Waals surface area contributed by atoms with Crippen LogP contribution in [0.15, 0.2) is 58.1 Å². The van der Waals surface area contributed by atoms with Crippen molar-refractivity contribution in [3.05, 3.63) is 91.1 Å². The summed E-state index contributed by atoms with van der Waals surface area (Å²) in [5.41, 5.74) is 0.424. The molecule has 0 bridgehead atoms. The number of ether oxygens (including phenoxy) is 2. The first-order valence-corrected chi connectivity index (χ1v) is 10.1. The van der Waals surface area contributed by atoms with Crippen LogP contribution in [0.3, 0.4) is 0 Å². The van der Waals surface area contributed by atoms with E-state index in [2.05, 4.69) is 9.97 Å². The molecule has 1 heterocycles. The van der Waals surface area contributed by atoms with Crippen LogP contribution in [0.2, 0.25) is 0 Å². The Bertz CT molecular complexity index is 1330. The molecule has 3 aromatic rings. The second-order valence-corrected chi connectivity index (χ2v) is 8.58. The highest BCUT2D eigenvalue weighted by Gasteiger charge is 2.17. The molecule has 0 aliphatic carbocycles. The largest absolute Gasteiger partial charge is 0.497 e. The Hall–Kier alpha value is -3.87. The molecule has 0 fully saturated rings. The molecule has 0 spiro atoms. The topological polar surface area (TPSA) is 101 Å². The molecule has 7 heteroatoms.